The van der Waals surface area contributed by atoms with Crippen LogP contribution < -0.4 is 10.1 Å². The number of thiophene rings is 1. The number of anilines is 1. The molecule has 0 aliphatic heterocycles. The number of carbonyl (C=O) groups is 1. The molecule has 0 saturated carbocycles. The van der Waals surface area contributed by atoms with Crippen molar-refractivity contribution in [2.24, 2.45) is 0 Å². The summed E-state index contributed by atoms with van der Waals surface area (Å²) in [7, 11) is 0. The van der Waals surface area contributed by atoms with Crippen LogP contribution in [0.2, 0.25) is 0 Å². The van der Waals surface area contributed by atoms with Crippen molar-refractivity contribution in [2.75, 3.05) is 11.9 Å². The van der Waals surface area contributed by atoms with E-state index in [-0.39, 0.29) is 12.5 Å². The van der Waals surface area contributed by atoms with Crippen molar-refractivity contribution in [3.63, 3.8) is 0 Å². The Bertz CT molecular complexity index is 958. The molecule has 1 N–H and O–H groups in total. The number of hydrogen-bond acceptors (Lipinski definition) is 4. The molecular formula is C22H20N2O2S. The predicted molar refractivity (Wildman–Crippen MR) is 108 cm³/mol. The number of rotatable bonds is 7. The number of nitrogens with one attached hydrogen (secondary N) is 1. The van der Waals surface area contributed by atoms with Crippen molar-refractivity contribution in [2.45, 2.75) is 19.8 Å². The van der Waals surface area contributed by atoms with Crippen LogP contribution in [-0.4, -0.2) is 12.5 Å². The van der Waals surface area contributed by atoms with E-state index in [0.29, 0.717) is 16.3 Å². The molecule has 0 aliphatic rings. The number of amides is 1. The molecule has 0 bridgehead atoms. The van der Waals surface area contributed by atoms with Gasteiger partial charge in [0.25, 0.3) is 5.91 Å². The van der Waals surface area contributed by atoms with Gasteiger partial charge in [0.2, 0.25) is 0 Å². The first-order valence-corrected chi connectivity index (χ1v) is 9.58. The van der Waals surface area contributed by atoms with Crippen LogP contribution in [0.5, 0.6) is 5.75 Å². The monoisotopic (exact) mass is 376 g/mol. The molecule has 1 amide bonds. The van der Waals surface area contributed by atoms with E-state index >= 15 is 0 Å². The number of nitriles is 1. The predicted octanol–water partition coefficient (Wildman–Crippen LogP) is 4.79. The molecule has 2 aromatic carbocycles. The van der Waals surface area contributed by atoms with Gasteiger partial charge >= 0.3 is 0 Å². The number of nitrogens with zero attached hydrogens (tertiary/aromatic N) is 1. The lowest BCUT2D eigenvalue weighted by molar-refractivity contribution is -0.118. The highest BCUT2D eigenvalue weighted by atomic mass is 32.1. The van der Waals surface area contributed by atoms with Crippen molar-refractivity contribution in [3.8, 4) is 11.8 Å². The molecule has 136 valence electrons. The molecule has 1 heterocycles. The Morgan fingerprint density at radius 3 is 2.63 bits per heavy atom. The summed E-state index contributed by atoms with van der Waals surface area (Å²) in [6.07, 6.45) is 1.57. The highest BCUT2D eigenvalue weighted by molar-refractivity contribution is 7.16. The summed E-state index contributed by atoms with van der Waals surface area (Å²) >= 11 is 1.43. The van der Waals surface area contributed by atoms with Gasteiger partial charge in [-0.3, -0.25) is 4.79 Å². The first kappa shape index (κ1) is 18.7. The number of aryl methyl sites for hydroxylation is 1. The van der Waals surface area contributed by atoms with Crippen LogP contribution in [-0.2, 0) is 17.6 Å². The van der Waals surface area contributed by atoms with Gasteiger partial charge in [0.05, 0.1) is 5.56 Å². The van der Waals surface area contributed by atoms with Crippen LogP contribution >= 0.6 is 11.3 Å². The highest BCUT2D eigenvalue weighted by Crippen LogP contribution is 2.28. The second-order valence-corrected chi connectivity index (χ2v) is 7.16. The van der Waals surface area contributed by atoms with Gasteiger partial charge in [0.15, 0.2) is 6.61 Å². The van der Waals surface area contributed by atoms with Crippen LogP contribution in [0, 0.1) is 11.3 Å². The third-order valence-corrected chi connectivity index (χ3v) is 5.27. The Balaban J connectivity index is 1.64. The van der Waals surface area contributed by atoms with Gasteiger partial charge in [-0.2, -0.15) is 5.26 Å². The summed E-state index contributed by atoms with van der Waals surface area (Å²) in [6.45, 7) is 1.92. The minimum absolute atomic E-state index is 0.101. The molecule has 0 atom stereocenters. The van der Waals surface area contributed by atoms with E-state index in [9.17, 15) is 10.1 Å². The normalized spacial score (nSPS) is 10.2. The zero-order valence-corrected chi connectivity index (χ0v) is 15.9. The topological polar surface area (TPSA) is 62.1 Å². The summed E-state index contributed by atoms with van der Waals surface area (Å²) in [4.78, 5) is 13.3. The summed E-state index contributed by atoms with van der Waals surface area (Å²) in [5.74, 6) is 0.419. The largest absolute Gasteiger partial charge is 0.483 e. The molecule has 27 heavy (non-hydrogen) atoms. The van der Waals surface area contributed by atoms with Gasteiger partial charge in [-0.05, 0) is 29.7 Å². The molecule has 0 unspecified atom stereocenters. The number of hydrogen-bond donors (Lipinski definition) is 1. The first-order valence-electron chi connectivity index (χ1n) is 8.77. The fraction of sp³-hybridized carbons (Fsp3) is 0.182. The fourth-order valence-electron chi connectivity index (χ4n) is 2.70. The van der Waals surface area contributed by atoms with Gasteiger partial charge in [-0.15, -0.1) is 11.3 Å². The van der Waals surface area contributed by atoms with Crippen LogP contribution in [0.4, 0.5) is 5.00 Å². The van der Waals surface area contributed by atoms with Crippen molar-refractivity contribution in [1.29, 1.82) is 5.26 Å². The standard InChI is InChI=1S/C22H20N2O2S/c1-2-19-13-18(14-23)22(27-19)24-21(25)15-26-20-11-7-6-10-17(20)12-16-8-4-3-5-9-16/h3-11,13H,2,12,15H2,1H3,(H,24,25). The second kappa shape index (κ2) is 9.02. The van der Waals surface area contributed by atoms with Crippen LogP contribution in [0.15, 0.2) is 60.7 Å². The number of carbonyl (C=O) groups excluding carboxylic acids is 1. The number of para-hydroxylation sites is 1. The van der Waals surface area contributed by atoms with Gasteiger partial charge in [0.1, 0.15) is 16.8 Å². The van der Waals surface area contributed by atoms with Crippen molar-refractivity contribution < 1.29 is 9.53 Å². The lowest BCUT2D eigenvalue weighted by Gasteiger charge is -2.11. The Kier molecular flexibility index (Phi) is 6.24. The summed E-state index contributed by atoms with van der Waals surface area (Å²) in [5, 5.41) is 12.6. The van der Waals surface area contributed by atoms with E-state index in [1.165, 1.54) is 16.9 Å². The lowest BCUT2D eigenvalue weighted by atomic mass is 10.0. The Morgan fingerprint density at radius 1 is 1.15 bits per heavy atom. The van der Waals surface area contributed by atoms with Crippen LogP contribution in [0.1, 0.15) is 28.5 Å². The molecule has 0 radical (unpaired) electrons. The molecule has 1 aromatic heterocycles. The Morgan fingerprint density at radius 2 is 1.89 bits per heavy atom. The zero-order chi connectivity index (χ0) is 19.1. The summed E-state index contributed by atoms with van der Waals surface area (Å²) < 4.78 is 5.76. The maximum absolute atomic E-state index is 12.3. The highest BCUT2D eigenvalue weighted by Gasteiger charge is 2.12. The van der Waals surface area contributed by atoms with E-state index in [1.54, 1.807) is 0 Å². The van der Waals surface area contributed by atoms with E-state index in [0.717, 1.165) is 23.3 Å². The second-order valence-electron chi connectivity index (χ2n) is 6.03. The lowest BCUT2D eigenvalue weighted by Crippen LogP contribution is -2.20. The van der Waals surface area contributed by atoms with E-state index in [4.69, 9.17) is 4.74 Å². The van der Waals surface area contributed by atoms with Gasteiger partial charge in [0, 0.05) is 11.3 Å². The fourth-order valence-corrected chi connectivity index (χ4v) is 3.67. The van der Waals surface area contributed by atoms with Crippen molar-refractivity contribution in [1.82, 2.24) is 0 Å². The molecule has 3 aromatic rings. The minimum Gasteiger partial charge on any atom is -0.483 e. The van der Waals surface area contributed by atoms with E-state index in [2.05, 4.69) is 23.5 Å². The SMILES string of the molecule is CCc1cc(C#N)c(NC(=O)COc2ccccc2Cc2ccccc2)s1. The zero-order valence-electron chi connectivity index (χ0n) is 15.1. The van der Waals surface area contributed by atoms with Crippen LogP contribution in [0.25, 0.3) is 0 Å². The first-order chi connectivity index (χ1) is 13.2. The minimum atomic E-state index is -0.273. The average Bonchev–Trinajstić information content (AvgIpc) is 3.10. The molecule has 0 saturated heterocycles. The van der Waals surface area contributed by atoms with Crippen molar-refractivity contribution in [3.05, 3.63) is 82.2 Å². The number of ether oxygens (including phenoxy) is 1. The quantitative estimate of drug-likeness (QED) is 0.645. The van der Waals surface area contributed by atoms with Gasteiger partial charge in [-0.1, -0.05) is 55.5 Å². The third kappa shape index (κ3) is 4.96. The maximum Gasteiger partial charge on any atom is 0.262 e. The molecule has 4 nitrogen and oxygen atoms in total. The van der Waals surface area contributed by atoms with E-state index < -0.39 is 0 Å². The molecule has 0 spiro atoms. The maximum atomic E-state index is 12.3. The van der Waals surface area contributed by atoms with Crippen molar-refractivity contribution >= 4 is 22.2 Å². The Labute approximate surface area is 163 Å². The smallest absolute Gasteiger partial charge is 0.262 e. The van der Waals surface area contributed by atoms with Gasteiger partial charge < -0.3 is 10.1 Å². The number of benzene rings is 2. The summed E-state index contributed by atoms with van der Waals surface area (Å²) in [6, 6.07) is 21.8. The van der Waals surface area contributed by atoms with Crippen LogP contribution in [0.3, 0.4) is 0 Å². The third-order valence-electron chi connectivity index (χ3n) is 4.07. The molecule has 0 aliphatic carbocycles. The summed E-state index contributed by atoms with van der Waals surface area (Å²) in [5.41, 5.74) is 2.70. The molecular weight excluding hydrogens is 356 g/mol. The molecule has 5 heteroatoms. The Hall–Kier alpha value is -3.10. The molecule has 3 rings (SSSR count). The van der Waals surface area contributed by atoms with Gasteiger partial charge in [-0.25, -0.2) is 0 Å². The van der Waals surface area contributed by atoms with E-state index in [1.807, 2.05) is 55.5 Å². The molecule has 0 fully saturated rings. The average molecular weight is 376 g/mol.